The van der Waals surface area contributed by atoms with Gasteiger partial charge in [-0.3, -0.25) is 0 Å². The monoisotopic (exact) mass is 756 g/mol. The van der Waals surface area contributed by atoms with Gasteiger partial charge in [0.1, 0.15) is 0 Å². The Kier molecular flexibility index (Phi) is 5.14. The van der Waals surface area contributed by atoms with Crippen LogP contribution in [0.1, 0.15) is 0 Å². The van der Waals surface area contributed by atoms with Crippen LogP contribution in [0.5, 0.6) is 11.5 Å². The van der Waals surface area contributed by atoms with E-state index in [2.05, 4.69) is 149 Å². The van der Waals surface area contributed by atoms with Crippen LogP contribution in [0.25, 0.3) is 40.3 Å². The van der Waals surface area contributed by atoms with Gasteiger partial charge in [-0.05, 0) is 0 Å². The number of benzene rings is 7. The first kappa shape index (κ1) is 26.2. The van der Waals surface area contributed by atoms with E-state index in [1.807, 2.05) is 22.7 Å². The summed E-state index contributed by atoms with van der Waals surface area (Å²) in [5.74, 6) is 2.08. The molecule has 0 spiro atoms. The average Bonchev–Trinajstić information content (AvgIpc) is 3.71. The topological polar surface area (TPSA) is 15.7 Å². The molecule has 12 rings (SSSR count). The Morgan fingerprint density at radius 3 is 1.40 bits per heavy atom. The van der Waals surface area contributed by atoms with Gasteiger partial charge in [-0.25, -0.2) is 0 Å². The van der Waals surface area contributed by atoms with Gasteiger partial charge in [0.05, 0.1) is 0 Å². The molecular formula is C42H23N2OS2Sb. The van der Waals surface area contributed by atoms with Gasteiger partial charge in [0.15, 0.2) is 0 Å². The Labute approximate surface area is 291 Å². The van der Waals surface area contributed by atoms with Crippen LogP contribution < -0.4 is 25.1 Å². The van der Waals surface area contributed by atoms with Crippen molar-refractivity contribution in [3.63, 3.8) is 0 Å². The summed E-state index contributed by atoms with van der Waals surface area (Å²) in [7, 11) is 0. The minimum atomic E-state index is -2.71. The quantitative estimate of drug-likeness (QED) is 0.163. The van der Waals surface area contributed by atoms with Gasteiger partial charge in [-0.15, -0.1) is 0 Å². The van der Waals surface area contributed by atoms with E-state index in [1.54, 1.807) is 0 Å². The van der Waals surface area contributed by atoms with Crippen LogP contribution >= 0.6 is 22.7 Å². The maximum atomic E-state index is 7.27. The molecule has 0 radical (unpaired) electrons. The van der Waals surface area contributed by atoms with E-state index >= 15 is 0 Å². The SMILES string of the molecule is c1ccc(N2c3cccc4[c]3[Sb]3[c]5c(cc6c(sc7ccccc76)c52)Oc2cc5c(sc6ccccc65)c([c]23)N4c2ccccc2)cc1. The van der Waals surface area contributed by atoms with E-state index in [0.717, 1.165) is 11.5 Å². The molecule has 9 aromatic rings. The molecule has 0 N–H and O–H groups in total. The molecule has 0 saturated carbocycles. The van der Waals surface area contributed by atoms with Gasteiger partial charge in [-0.1, -0.05) is 0 Å². The molecule has 3 nitrogen and oxygen atoms in total. The van der Waals surface area contributed by atoms with Crippen LogP contribution in [0.15, 0.2) is 140 Å². The molecule has 0 unspecified atom stereocenters. The maximum absolute atomic E-state index is 7.27. The molecule has 2 aromatic heterocycles. The fourth-order valence-electron chi connectivity index (χ4n) is 8.11. The number of hydrogen-bond acceptors (Lipinski definition) is 5. The second-order valence-electron chi connectivity index (χ2n) is 12.5. The first-order valence-electron chi connectivity index (χ1n) is 16.1. The van der Waals surface area contributed by atoms with E-state index < -0.39 is 20.2 Å². The van der Waals surface area contributed by atoms with E-state index in [4.69, 9.17) is 4.74 Å². The second kappa shape index (κ2) is 9.42. The number of ether oxygens (including phenoxy) is 1. The second-order valence-corrected chi connectivity index (χ2v) is 20.4. The Balaban J connectivity index is 1.30. The van der Waals surface area contributed by atoms with E-state index in [0.29, 0.717) is 0 Å². The van der Waals surface area contributed by atoms with E-state index in [9.17, 15) is 0 Å². The Bertz CT molecular complexity index is 2650. The number of hydrogen-bond donors (Lipinski definition) is 0. The van der Waals surface area contributed by atoms with E-state index in [1.165, 1.54) is 85.0 Å². The van der Waals surface area contributed by atoms with Crippen LogP contribution in [0.4, 0.5) is 34.1 Å². The fourth-order valence-corrected chi connectivity index (χ4v) is 19.5. The van der Waals surface area contributed by atoms with E-state index in [-0.39, 0.29) is 0 Å². The van der Waals surface area contributed by atoms with Crippen molar-refractivity contribution in [2.45, 2.75) is 0 Å². The average molecular weight is 758 g/mol. The van der Waals surface area contributed by atoms with Gasteiger partial charge in [0.25, 0.3) is 0 Å². The van der Waals surface area contributed by atoms with Crippen LogP contribution in [-0.2, 0) is 0 Å². The zero-order valence-electron chi connectivity index (χ0n) is 25.3. The zero-order chi connectivity index (χ0) is 31.1. The molecule has 0 atom stereocenters. The van der Waals surface area contributed by atoms with Crippen molar-refractivity contribution in [2.24, 2.45) is 0 Å². The minimum absolute atomic E-state index is 1.04. The standard InChI is InChI=1S/C42H23N2OS2.Sb/c1-3-12-27(13-4-1)43-29-16-11-17-30(22-29)44(28-14-5-2-6-15-28)38-26-32(24-36-34-19-8-10-21-40(34)47-42(36)38)45-31-23-35-33-18-7-9-20-39(33)46-41(35)37(43)25-31;/h1-21,23-24H;. The summed E-state index contributed by atoms with van der Waals surface area (Å²) in [5, 5.41) is 5.15. The van der Waals surface area contributed by atoms with Crippen LogP contribution in [-0.4, -0.2) is 20.2 Å². The molecule has 48 heavy (non-hydrogen) atoms. The fraction of sp³-hybridized carbons (Fsp3) is 0. The van der Waals surface area contributed by atoms with Crippen molar-refractivity contribution in [1.82, 2.24) is 0 Å². The third-order valence-electron chi connectivity index (χ3n) is 10.0. The van der Waals surface area contributed by atoms with Gasteiger partial charge >= 0.3 is 293 Å². The predicted octanol–water partition coefficient (Wildman–Crippen LogP) is 10.6. The molecule has 0 amide bonds. The van der Waals surface area contributed by atoms with Crippen LogP contribution in [0, 0.1) is 0 Å². The van der Waals surface area contributed by atoms with Crippen molar-refractivity contribution in [3.05, 3.63) is 140 Å². The number of para-hydroxylation sites is 2. The Hall–Kier alpha value is -4.80. The number of fused-ring (bicyclic) bond motifs is 8. The molecule has 0 saturated heterocycles. The zero-order valence-corrected chi connectivity index (χ0v) is 29.5. The number of anilines is 6. The molecule has 0 aliphatic carbocycles. The molecule has 5 heterocycles. The molecule has 224 valence electrons. The van der Waals surface area contributed by atoms with Crippen LogP contribution in [0.2, 0.25) is 0 Å². The summed E-state index contributed by atoms with van der Waals surface area (Å²) in [5.41, 5.74) is 7.62. The molecule has 3 aliphatic heterocycles. The van der Waals surface area contributed by atoms with Gasteiger partial charge in [0, 0.05) is 0 Å². The summed E-state index contributed by atoms with van der Waals surface area (Å²) in [4.78, 5) is 5.10. The van der Waals surface area contributed by atoms with Crippen molar-refractivity contribution in [1.29, 1.82) is 0 Å². The summed E-state index contributed by atoms with van der Waals surface area (Å²) in [6.45, 7) is 0. The molecule has 7 aromatic carbocycles. The molecule has 3 aliphatic rings. The van der Waals surface area contributed by atoms with Gasteiger partial charge in [-0.2, -0.15) is 0 Å². The van der Waals surface area contributed by atoms with Gasteiger partial charge < -0.3 is 0 Å². The molecule has 0 bridgehead atoms. The number of thiophene rings is 2. The molecule has 6 heteroatoms. The number of nitrogens with zero attached hydrogens (tertiary/aromatic N) is 2. The summed E-state index contributed by atoms with van der Waals surface area (Å²) in [6.07, 6.45) is 0. The summed E-state index contributed by atoms with van der Waals surface area (Å²) in [6, 6.07) is 51.3. The third-order valence-corrected chi connectivity index (χ3v) is 20.0. The summed E-state index contributed by atoms with van der Waals surface area (Å²) >= 11 is 1.13. The molecule has 0 fully saturated rings. The van der Waals surface area contributed by atoms with Crippen LogP contribution in [0.3, 0.4) is 0 Å². The Morgan fingerprint density at radius 1 is 0.438 bits per heavy atom. The van der Waals surface area contributed by atoms with Crippen molar-refractivity contribution in [2.75, 3.05) is 9.80 Å². The third kappa shape index (κ3) is 3.25. The van der Waals surface area contributed by atoms with Crippen molar-refractivity contribution in [3.8, 4) is 11.5 Å². The number of rotatable bonds is 2. The normalized spacial score (nSPS) is 14.2. The van der Waals surface area contributed by atoms with Crippen molar-refractivity contribution >= 4 is 128 Å². The summed E-state index contributed by atoms with van der Waals surface area (Å²) < 4.78 is 17.0. The first-order valence-corrected chi connectivity index (χ1v) is 21.6. The first-order chi connectivity index (χ1) is 23.8. The Morgan fingerprint density at radius 2 is 0.896 bits per heavy atom. The van der Waals surface area contributed by atoms with Gasteiger partial charge in [0.2, 0.25) is 0 Å². The molecular weight excluding hydrogens is 734 g/mol. The van der Waals surface area contributed by atoms with Crippen molar-refractivity contribution < 1.29 is 4.74 Å². The predicted molar refractivity (Wildman–Crippen MR) is 206 cm³/mol.